The van der Waals surface area contributed by atoms with Gasteiger partial charge >= 0.3 is 6.03 Å². The molecule has 11 heteroatoms. The normalized spacial score (nSPS) is 24.4. The fourth-order valence-corrected chi connectivity index (χ4v) is 4.84. The Kier molecular flexibility index (Phi) is 6.21. The largest absolute Gasteiger partial charge is 0.345 e. The first kappa shape index (κ1) is 23.6. The Balaban J connectivity index is 1.57. The Bertz CT molecular complexity index is 984. The van der Waals surface area contributed by atoms with Crippen molar-refractivity contribution in [3.63, 3.8) is 0 Å². The number of amides is 5. The van der Waals surface area contributed by atoms with E-state index in [0.717, 1.165) is 17.4 Å². The summed E-state index contributed by atoms with van der Waals surface area (Å²) < 4.78 is 39.8. The van der Waals surface area contributed by atoms with Crippen molar-refractivity contribution in [1.29, 1.82) is 0 Å². The summed E-state index contributed by atoms with van der Waals surface area (Å²) in [6, 6.07) is 0.809. The Labute approximate surface area is 182 Å². The number of nitrogens with zero attached hydrogens (tertiary/aromatic N) is 1. The van der Waals surface area contributed by atoms with Crippen LogP contribution in [-0.4, -0.2) is 47.3 Å². The summed E-state index contributed by atoms with van der Waals surface area (Å²) in [7, 11) is 0. The maximum absolute atomic E-state index is 13.6. The Morgan fingerprint density at radius 1 is 1.12 bits per heavy atom. The summed E-state index contributed by atoms with van der Waals surface area (Å²) in [5.74, 6) is -6.67. The van der Waals surface area contributed by atoms with Crippen LogP contribution in [0.3, 0.4) is 0 Å². The van der Waals surface area contributed by atoms with Gasteiger partial charge in [0.1, 0.15) is 12.1 Å². The van der Waals surface area contributed by atoms with E-state index in [0.29, 0.717) is 18.9 Å². The predicted molar refractivity (Wildman–Crippen MR) is 108 cm³/mol. The zero-order chi connectivity index (χ0) is 23.8. The van der Waals surface area contributed by atoms with Gasteiger partial charge < -0.3 is 16.0 Å². The molecule has 3 N–H and O–H groups in total. The monoisotopic (exact) mass is 454 g/mol. The lowest BCUT2D eigenvalue weighted by Crippen LogP contribution is -2.54. The first-order chi connectivity index (χ1) is 14.8. The van der Waals surface area contributed by atoms with Gasteiger partial charge in [0.25, 0.3) is 5.91 Å². The second-order valence-corrected chi connectivity index (χ2v) is 9.31. The van der Waals surface area contributed by atoms with E-state index in [1.54, 1.807) is 0 Å². The molecule has 3 rings (SSSR count). The minimum Gasteiger partial charge on any atom is -0.345 e. The van der Waals surface area contributed by atoms with Crippen LogP contribution in [0, 0.1) is 28.8 Å². The fraction of sp³-hybridized carbons (Fsp3) is 0.524. The molecule has 1 heterocycles. The number of carbonyl (C=O) groups is 4. The Hall–Kier alpha value is -3.11. The summed E-state index contributed by atoms with van der Waals surface area (Å²) >= 11 is 0. The molecule has 0 radical (unpaired) electrons. The van der Waals surface area contributed by atoms with Crippen molar-refractivity contribution in [3.8, 4) is 0 Å². The number of rotatable bonds is 5. The molecule has 5 amide bonds. The number of nitrogens with one attached hydrogen (secondary N) is 3. The molecule has 1 spiro atoms. The zero-order valence-corrected chi connectivity index (χ0v) is 18.0. The molecule has 32 heavy (non-hydrogen) atoms. The zero-order valence-electron chi connectivity index (χ0n) is 18.0. The summed E-state index contributed by atoms with van der Waals surface area (Å²) in [4.78, 5) is 50.4. The van der Waals surface area contributed by atoms with Crippen LogP contribution in [-0.2, 0) is 14.4 Å². The molecular weight excluding hydrogens is 429 g/mol. The van der Waals surface area contributed by atoms with Gasteiger partial charge in [-0.3, -0.25) is 19.3 Å². The van der Waals surface area contributed by atoms with E-state index < -0.39 is 65.5 Å². The van der Waals surface area contributed by atoms with Crippen molar-refractivity contribution < 1.29 is 32.3 Å². The highest BCUT2D eigenvalue weighted by molar-refractivity contribution is 6.09. The number of carbonyl (C=O) groups excluding carboxylic acids is 4. The van der Waals surface area contributed by atoms with Gasteiger partial charge in [-0.2, -0.15) is 0 Å². The van der Waals surface area contributed by atoms with Crippen molar-refractivity contribution in [2.75, 3.05) is 18.4 Å². The SMILES string of the molecule is C[C@@H]1CC(C)(C)C[C@]2(C1)NC(=O)N(CC(=O)NCC(=O)Nc1ccc(F)c(F)c1F)C2=O. The highest BCUT2D eigenvalue weighted by Gasteiger charge is 2.56. The van der Waals surface area contributed by atoms with Crippen LogP contribution in [0.4, 0.5) is 23.7 Å². The van der Waals surface area contributed by atoms with Crippen LogP contribution in [0.15, 0.2) is 12.1 Å². The van der Waals surface area contributed by atoms with Crippen LogP contribution in [0.2, 0.25) is 0 Å². The van der Waals surface area contributed by atoms with Gasteiger partial charge in [0.05, 0.1) is 12.2 Å². The van der Waals surface area contributed by atoms with E-state index in [4.69, 9.17) is 0 Å². The number of urea groups is 1. The van der Waals surface area contributed by atoms with Gasteiger partial charge in [-0.1, -0.05) is 20.8 Å². The molecule has 1 aliphatic carbocycles. The summed E-state index contributed by atoms with van der Waals surface area (Å²) in [6.45, 7) is 4.83. The summed E-state index contributed by atoms with van der Waals surface area (Å²) in [5, 5.41) is 6.97. The molecule has 0 aromatic heterocycles. The number of imide groups is 1. The topological polar surface area (TPSA) is 108 Å². The van der Waals surface area contributed by atoms with Crippen molar-refractivity contribution in [2.24, 2.45) is 11.3 Å². The number of benzene rings is 1. The molecule has 1 aromatic rings. The third kappa shape index (κ3) is 4.71. The van der Waals surface area contributed by atoms with E-state index >= 15 is 0 Å². The molecule has 0 unspecified atom stereocenters. The van der Waals surface area contributed by atoms with E-state index in [-0.39, 0.29) is 11.3 Å². The van der Waals surface area contributed by atoms with E-state index in [9.17, 15) is 32.3 Å². The van der Waals surface area contributed by atoms with E-state index in [1.165, 1.54) is 0 Å². The number of hydrogen-bond donors (Lipinski definition) is 3. The highest BCUT2D eigenvalue weighted by atomic mass is 19.2. The number of anilines is 1. The lowest BCUT2D eigenvalue weighted by Gasteiger charge is -2.43. The van der Waals surface area contributed by atoms with Gasteiger partial charge in [0.2, 0.25) is 11.8 Å². The maximum Gasteiger partial charge on any atom is 0.325 e. The van der Waals surface area contributed by atoms with Gasteiger partial charge in [-0.15, -0.1) is 0 Å². The maximum atomic E-state index is 13.6. The molecule has 2 aliphatic rings. The average molecular weight is 454 g/mol. The number of halogens is 3. The summed E-state index contributed by atoms with van der Waals surface area (Å²) in [5.41, 5.74) is -1.81. The third-order valence-corrected chi connectivity index (χ3v) is 5.68. The molecule has 174 valence electrons. The Morgan fingerprint density at radius 2 is 1.81 bits per heavy atom. The van der Waals surface area contributed by atoms with Crippen LogP contribution < -0.4 is 16.0 Å². The van der Waals surface area contributed by atoms with Crippen molar-refractivity contribution in [1.82, 2.24) is 15.5 Å². The first-order valence-electron chi connectivity index (χ1n) is 10.2. The summed E-state index contributed by atoms with van der Waals surface area (Å²) in [6.07, 6.45) is 1.84. The highest BCUT2D eigenvalue weighted by Crippen LogP contribution is 2.46. The molecule has 0 bridgehead atoms. The lowest BCUT2D eigenvalue weighted by atomic mass is 9.64. The smallest absolute Gasteiger partial charge is 0.325 e. The second kappa shape index (κ2) is 8.44. The van der Waals surface area contributed by atoms with Crippen molar-refractivity contribution >= 4 is 29.4 Å². The molecule has 8 nitrogen and oxygen atoms in total. The minimum atomic E-state index is -1.74. The molecule has 2 fully saturated rings. The van der Waals surface area contributed by atoms with Gasteiger partial charge in [0, 0.05) is 0 Å². The van der Waals surface area contributed by atoms with Crippen LogP contribution in [0.5, 0.6) is 0 Å². The molecular formula is C21H25F3N4O4. The van der Waals surface area contributed by atoms with Crippen molar-refractivity contribution in [3.05, 3.63) is 29.6 Å². The van der Waals surface area contributed by atoms with Crippen molar-refractivity contribution in [2.45, 2.75) is 45.6 Å². The second-order valence-electron chi connectivity index (χ2n) is 9.31. The molecule has 1 aromatic carbocycles. The third-order valence-electron chi connectivity index (χ3n) is 5.68. The molecule has 1 saturated carbocycles. The molecule has 1 aliphatic heterocycles. The Morgan fingerprint density at radius 3 is 2.47 bits per heavy atom. The molecule has 1 saturated heterocycles. The standard InChI is InChI=1S/C21H25F3N4O4/c1-11-6-20(2,3)10-21(7-11)18(31)28(19(32)27-21)9-15(30)25-8-14(29)26-13-5-4-12(22)16(23)17(13)24/h4-5,11H,6-10H2,1-3H3,(H,25,30)(H,26,29)(H,27,32)/t11-,21+/m1/s1. The molecule has 2 atom stereocenters. The fourth-order valence-electron chi connectivity index (χ4n) is 4.84. The van der Waals surface area contributed by atoms with Gasteiger partial charge in [-0.25, -0.2) is 18.0 Å². The van der Waals surface area contributed by atoms with Gasteiger partial charge in [-0.05, 0) is 42.7 Å². The average Bonchev–Trinajstić information content (AvgIpc) is 2.88. The van der Waals surface area contributed by atoms with Crippen LogP contribution >= 0.6 is 0 Å². The van der Waals surface area contributed by atoms with E-state index in [2.05, 4.69) is 10.6 Å². The lowest BCUT2D eigenvalue weighted by molar-refractivity contribution is -0.137. The predicted octanol–water partition coefficient (Wildman–Crippen LogP) is 2.30. The van der Waals surface area contributed by atoms with E-state index in [1.807, 2.05) is 26.1 Å². The van der Waals surface area contributed by atoms with Crippen LogP contribution in [0.25, 0.3) is 0 Å². The van der Waals surface area contributed by atoms with Crippen LogP contribution in [0.1, 0.15) is 40.0 Å². The first-order valence-corrected chi connectivity index (χ1v) is 10.2. The minimum absolute atomic E-state index is 0.161. The van der Waals surface area contributed by atoms with Gasteiger partial charge in [0.15, 0.2) is 17.5 Å². The quantitative estimate of drug-likeness (QED) is 0.469. The number of hydrogen-bond acceptors (Lipinski definition) is 4.